The first-order valence-electron chi connectivity index (χ1n) is 5.60. The van der Waals surface area contributed by atoms with Crippen molar-refractivity contribution in [3.63, 3.8) is 0 Å². The molecule has 0 radical (unpaired) electrons. The number of ether oxygens (including phenoxy) is 1. The van der Waals surface area contributed by atoms with Gasteiger partial charge in [0.05, 0.1) is 13.2 Å². The van der Waals surface area contributed by atoms with Crippen LogP contribution >= 0.6 is 0 Å². The summed E-state index contributed by atoms with van der Waals surface area (Å²) >= 11 is 0. The summed E-state index contributed by atoms with van der Waals surface area (Å²) in [5, 5.41) is 0. The molecule has 1 aromatic rings. The molecule has 0 saturated carbocycles. The molecule has 0 aromatic heterocycles. The summed E-state index contributed by atoms with van der Waals surface area (Å²) < 4.78 is 6.03. The Hall–Kier alpha value is -1.06. The summed E-state index contributed by atoms with van der Waals surface area (Å²) in [5.74, 6) is 0.994. The predicted molar refractivity (Wildman–Crippen MR) is 63.4 cm³/mol. The van der Waals surface area contributed by atoms with Gasteiger partial charge in [-0.1, -0.05) is 18.2 Å². The number of para-hydroxylation sites is 1. The Labute approximate surface area is 96.7 Å². The number of hydrogen-bond acceptors (Lipinski definition) is 3. The van der Waals surface area contributed by atoms with E-state index in [0.29, 0.717) is 0 Å². The first-order chi connectivity index (χ1) is 7.53. The molecule has 1 atom stereocenters. The highest BCUT2D eigenvalue weighted by Gasteiger charge is 2.34. The van der Waals surface area contributed by atoms with E-state index in [1.54, 1.807) is 7.11 Å². The number of fused-ring (bicyclic) bond motifs is 1. The van der Waals surface area contributed by atoms with Crippen LogP contribution in [0.15, 0.2) is 18.2 Å². The third kappa shape index (κ3) is 2.06. The zero-order chi connectivity index (χ0) is 11.8. The zero-order valence-electron chi connectivity index (χ0n) is 10.3. The first-order valence-corrected chi connectivity index (χ1v) is 5.60. The van der Waals surface area contributed by atoms with E-state index >= 15 is 0 Å². The van der Waals surface area contributed by atoms with Gasteiger partial charge in [-0.05, 0) is 26.3 Å². The Bertz CT molecular complexity index is 388. The van der Waals surface area contributed by atoms with Crippen LogP contribution in [0.25, 0.3) is 0 Å². The Balaban J connectivity index is 2.42. The molecule has 1 N–H and O–H groups in total. The average Bonchev–Trinajstić information content (AvgIpc) is 2.19. The smallest absolute Gasteiger partial charge is 0.127 e. The van der Waals surface area contributed by atoms with E-state index in [2.05, 4.69) is 44.5 Å². The molecule has 3 nitrogen and oxygen atoms in total. The maximum atomic E-state index is 6.03. The third-order valence-electron chi connectivity index (χ3n) is 2.95. The fourth-order valence-corrected chi connectivity index (χ4v) is 2.26. The van der Waals surface area contributed by atoms with E-state index < -0.39 is 0 Å². The van der Waals surface area contributed by atoms with Crippen molar-refractivity contribution in [1.82, 2.24) is 5.48 Å². The number of hydroxylamine groups is 1. The van der Waals surface area contributed by atoms with Crippen molar-refractivity contribution in [2.75, 3.05) is 7.11 Å². The molecule has 0 spiro atoms. The maximum Gasteiger partial charge on any atom is 0.127 e. The molecule has 0 amide bonds. The van der Waals surface area contributed by atoms with E-state index in [1.807, 2.05) is 0 Å². The summed E-state index contributed by atoms with van der Waals surface area (Å²) in [7, 11) is 1.65. The molecule has 0 aliphatic carbocycles. The largest absolute Gasteiger partial charge is 0.487 e. The highest BCUT2D eigenvalue weighted by atomic mass is 16.6. The van der Waals surface area contributed by atoms with Crippen molar-refractivity contribution >= 4 is 0 Å². The number of rotatable bonds is 2. The summed E-state index contributed by atoms with van der Waals surface area (Å²) in [5.41, 5.74) is 5.24. The minimum Gasteiger partial charge on any atom is -0.487 e. The molecule has 1 aliphatic heterocycles. The average molecular weight is 221 g/mol. The van der Waals surface area contributed by atoms with E-state index in [9.17, 15) is 0 Å². The van der Waals surface area contributed by atoms with Gasteiger partial charge in [-0.15, -0.1) is 0 Å². The number of hydrogen-bond donors (Lipinski definition) is 1. The standard InChI is InChI=1S/C13H19NO2/c1-9-6-5-7-10-11(14-15-4)8-13(2,3)16-12(9)10/h5-7,11,14H,8H2,1-4H3. The van der Waals surface area contributed by atoms with Gasteiger partial charge in [0, 0.05) is 12.0 Å². The topological polar surface area (TPSA) is 30.5 Å². The van der Waals surface area contributed by atoms with Crippen molar-refractivity contribution in [2.45, 2.75) is 38.8 Å². The van der Waals surface area contributed by atoms with Gasteiger partial charge < -0.3 is 9.57 Å². The van der Waals surface area contributed by atoms with Gasteiger partial charge in [0.15, 0.2) is 0 Å². The minimum absolute atomic E-state index is 0.157. The van der Waals surface area contributed by atoms with Gasteiger partial charge in [0.1, 0.15) is 11.4 Å². The quantitative estimate of drug-likeness (QED) is 0.779. The molecular formula is C13H19NO2. The SMILES string of the molecule is CONC1CC(C)(C)Oc2c(C)cccc21. The molecule has 0 fully saturated rings. The van der Waals surface area contributed by atoms with E-state index in [1.165, 1.54) is 11.1 Å². The maximum absolute atomic E-state index is 6.03. The molecule has 0 bridgehead atoms. The van der Waals surface area contributed by atoms with Crippen molar-refractivity contribution in [3.8, 4) is 5.75 Å². The molecule has 1 aromatic carbocycles. The Kier molecular flexibility index (Phi) is 2.91. The van der Waals surface area contributed by atoms with Gasteiger partial charge >= 0.3 is 0 Å². The second kappa shape index (κ2) is 4.07. The highest BCUT2D eigenvalue weighted by Crippen LogP contribution is 2.41. The van der Waals surface area contributed by atoms with Crippen LogP contribution in [-0.2, 0) is 4.84 Å². The number of benzene rings is 1. The lowest BCUT2D eigenvalue weighted by atomic mass is 9.89. The van der Waals surface area contributed by atoms with Crippen molar-refractivity contribution in [3.05, 3.63) is 29.3 Å². The molecule has 3 heteroatoms. The normalized spacial score (nSPS) is 22.4. The van der Waals surface area contributed by atoms with Gasteiger partial charge in [-0.2, -0.15) is 5.48 Å². The summed E-state index contributed by atoms with van der Waals surface area (Å²) in [6.45, 7) is 6.28. The Morgan fingerprint density at radius 2 is 2.19 bits per heavy atom. The minimum atomic E-state index is -0.157. The molecule has 1 aliphatic rings. The summed E-state index contributed by atoms with van der Waals surface area (Å²) in [6, 6.07) is 6.42. The van der Waals surface area contributed by atoms with E-state index in [4.69, 9.17) is 9.57 Å². The molecule has 2 rings (SSSR count). The fraction of sp³-hybridized carbons (Fsp3) is 0.538. The molecule has 16 heavy (non-hydrogen) atoms. The zero-order valence-corrected chi connectivity index (χ0v) is 10.3. The van der Waals surface area contributed by atoms with Gasteiger partial charge in [0.25, 0.3) is 0 Å². The fourth-order valence-electron chi connectivity index (χ4n) is 2.26. The van der Waals surface area contributed by atoms with Crippen molar-refractivity contribution in [2.24, 2.45) is 0 Å². The van der Waals surface area contributed by atoms with Crippen LogP contribution < -0.4 is 10.2 Å². The number of nitrogens with one attached hydrogen (secondary N) is 1. The lowest BCUT2D eigenvalue weighted by Crippen LogP contribution is -2.39. The summed E-state index contributed by atoms with van der Waals surface area (Å²) in [4.78, 5) is 5.07. The van der Waals surface area contributed by atoms with Crippen LogP contribution in [0.1, 0.15) is 37.4 Å². The van der Waals surface area contributed by atoms with Gasteiger partial charge in [0.2, 0.25) is 0 Å². The molecule has 88 valence electrons. The van der Waals surface area contributed by atoms with E-state index in [0.717, 1.165) is 12.2 Å². The predicted octanol–water partition coefficient (Wildman–Crippen LogP) is 2.75. The van der Waals surface area contributed by atoms with Crippen LogP contribution in [0, 0.1) is 6.92 Å². The second-order valence-corrected chi connectivity index (χ2v) is 4.93. The summed E-state index contributed by atoms with van der Waals surface area (Å²) in [6.07, 6.45) is 0.900. The van der Waals surface area contributed by atoms with Crippen LogP contribution in [-0.4, -0.2) is 12.7 Å². The molecule has 1 heterocycles. The van der Waals surface area contributed by atoms with Crippen LogP contribution in [0.4, 0.5) is 0 Å². The Morgan fingerprint density at radius 3 is 2.88 bits per heavy atom. The lowest BCUT2D eigenvalue weighted by Gasteiger charge is -2.38. The second-order valence-electron chi connectivity index (χ2n) is 4.93. The van der Waals surface area contributed by atoms with Crippen LogP contribution in [0.5, 0.6) is 5.75 Å². The first kappa shape index (κ1) is 11.4. The third-order valence-corrected chi connectivity index (χ3v) is 2.95. The Morgan fingerprint density at radius 1 is 1.44 bits per heavy atom. The lowest BCUT2D eigenvalue weighted by molar-refractivity contribution is 0.00259. The van der Waals surface area contributed by atoms with E-state index in [-0.39, 0.29) is 11.6 Å². The number of aryl methyl sites for hydroxylation is 1. The molecular weight excluding hydrogens is 202 g/mol. The van der Waals surface area contributed by atoms with Crippen molar-refractivity contribution in [1.29, 1.82) is 0 Å². The van der Waals surface area contributed by atoms with Gasteiger partial charge in [-0.3, -0.25) is 0 Å². The molecule has 1 unspecified atom stereocenters. The van der Waals surface area contributed by atoms with Crippen molar-refractivity contribution < 1.29 is 9.57 Å². The molecule has 0 saturated heterocycles. The monoisotopic (exact) mass is 221 g/mol. The van der Waals surface area contributed by atoms with Crippen LogP contribution in [0.2, 0.25) is 0 Å². The van der Waals surface area contributed by atoms with Crippen LogP contribution in [0.3, 0.4) is 0 Å². The highest BCUT2D eigenvalue weighted by molar-refractivity contribution is 5.44. The van der Waals surface area contributed by atoms with Gasteiger partial charge in [-0.25, -0.2) is 0 Å².